The lowest BCUT2D eigenvalue weighted by Crippen LogP contribution is -2.46. The van der Waals surface area contributed by atoms with E-state index in [0.29, 0.717) is 12.1 Å². The van der Waals surface area contributed by atoms with Crippen LogP contribution in [0, 0.1) is 5.92 Å². The molecule has 2 aromatic rings. The summed E-state index contributed by atoms with van der Waals surface area (Å²) in [4.78, 5) is 19.1. The number of furan rings is 1. The van der Waals surface area contributed by atoms with Crippen LogP contribution in [0.4, 0.5) is 0 Å². The Morgan fingerprint density at radius 1 is 1.27 bits per heavy atom. The topological polar surface area (TPSA) is 76.2 Å². The number of rotatable bonds is 5. The third-order valence-corrected chi connectivity index (χ3v) is 5.69. The first kappa shape index (κ1) is 17.3. The van der Waals surface area contributed by atoms with E-state index in [1.165, 1.54) is 0 Å². The summed E-state index contributed by atoms with van der Waals surface area (Å²) in [5, 5.41) is 7.54. The molecule has 0 bridgehead atoms. The van der Waals surface area contributed by atoms with Crippen LogP contribution in [0.25, 0.3) is 0 Å². The number of likely N-dealkylation sites (tertiary alicyclic amines) is 1. The lowest BCUT2D eigenvalue weighted by Gasteiger charge is -2.34. The Bertz CT molecular complexity index is 677. The van der Waals surface area contributed by atoms with Crippen molar-refractivity contribution in [2.24, 2.45) is 5.92 Å². The number of hydrogen-bond acceptors (Lipinski definition) is 5. The maximum absolute atomic E-state index is 12.7. The smallest absolute Gasteiger partial charge is 0.224 e. The largest absolute Gasteiger partial charge is 0.468 e. The monoisotopic (exact) mass is 357 g/mol. The van der Waals surface area contributed by atoms with Crippen LogP contribution in [0.5, 0.6) is 0 Å². The molecule has 1 N–H and O–H groups in total. The fourth-order valence-corrected chi connectivity index (χ4v) is 4.25. The van der Waals surface area contributed by atoms with E-state index < -0.39 is 0 Å². The Hall–Kier alpha value is -2.15. The highest BCUT2D eigenvalue weighted by molar-refractivity contribution is 5.79. The molecule has 0 aromatic carbocycles. The summed E-state index contributed by atoms with van der Waals surface area (Å²) in [6.45, 7) is 2.65. The Morgan fingerprint density at radius 2 is 2.15 bits per heavy atom. The van der Waals surface area contributed by atoms with Crippen LogP contribution in [-0.4, -0.2) is 44.7 Å². The Balaban J connectivity index is 1.24. The SMILES string of the molecule is O=C(NC1CCC(n2cncn2)CC1)C1CCCN(Cc2ccco2)C1. The quantitative estimate of drug-likeness (QED) is 0.889. The maximum atomic E-state index is 12.7. The lowest BCUT2D eigenvalue weighted by molar-refractivity contribution is -0.127. The van der Waals surface area contributed by atoms with Crippen molar-refractivity contribution in [1.29, 1.82) is 0 Å². The highest BCUT2D eigenvalue weighted by Gasteiger charge is 2.29. The van der Waals surface area contributed by atoms with Crippen molar-refractivity contribution in [3.05, 3.63) is 36.8 Å². The van der Waals surface area contributed by atoms with E-state index in [2.05, 4.69) is 20.3 Å². The van der Waals surface area contributed by atoms with Crippen molar-refractivity contribution < 1.29 is 9.21 Å². The van der Waals surface area contributed by atoms with Gasteiger partial charge in [0.05, 0.1) is 24.8 Å². The molecule has 0 spiro atoms. The van der Waals surface area contributed by atoms with Crippen LogP contribution in [-0.2, 0) is 11.3 Å². The second-order valence-corrected chi connectivity index (χ2v) is 7.54. The van der Waals surface area contributed by atoms with Gasteiger partial charge in [-0.15, -0.1) is 0 Å². The molecule has 26 heavy (non-hydrogen) atoms. The molecule has 4 rings (SSSR count). The summed E-state index contributed by atoms with van der Waals surface area (Å²) in [5.74, 6) is 1.28. The molecule has 1 aliphatic heterocycles. The Labute approximate surface area is 153 Å². The number of carbonyl (C=O) groups is 1. The number of hydrogen-bond donors (Lipinski definition) is 1. The number of amides is 1. The van der Waals surface area contributed by atoms with Crippen LogP contribution >= 0.6 is 0 Å². The molecule has 1 atom stereocenters. The van der Waals surface area contributed by atoms with E-state index >= 15 is 0 Å². The minimum Gasteiger partial charge on any atom is -0.468 e. The van der Waals surface area contributed by atoms with Gasteiger partial charge in [-0.1, -0.05) is 0 Å². The van der Waals surface area contributed by atoms with Crippen molar-refractivity contribution in [3.63, 3.8) is 0 Å². The summed E-state index contributed by atoms with van der Waals surface area (Å²) in [6.07, 6.45) is 11.3. The molecule has 0 radical (unpaired) electrons. The summed E-state index contributed by atoms with van der Waals surface area (Å²) < 4.78 is 7.39. The number of nitrogens with zero attached hydrogens (tertiary/aromatic N) is 4. The van der Waals surface area contributed by atoms with Crippen molar-refractivity contribution in [2.75, 3.05) is 13.1 Å². The molecule has 1 aliphatic carbocycles. The van der Waals surface area contributed by atoms with Gasteiger partial charge in [0, 0.05) is 12.6 Å². The standard InChI is InChI=1S/C19H27N5O2/c25-19(15-3-1-9-23(11-15)12-18-4-2-10-26-18)22-16-5-7-17(8-6-16)24-14-20-13-21-24/h2,4,10,13-17H,1,3,5-9,11-12H2,(H,22,25). The van der Waals surface area contributed by atoms with Crippen LogP contribution < -0.4 is 5.32 Å². The molecular formula is C19H27N5O2. The molecule has 3 heterocycles. The number of carbonyl (C=O) groups excluding carboxylic acids is 1. The molecule has 140 valence electrons. The van der Waals surface area contributed by atoms with Gasteiger partial charge in [-0.25, -0.2) is 9.67 Å². The lowest BCUT2D eigenvalue weighted by atomic mass is 9.90. The minimum absolute atomic E-state index is 0.0896. The first-order chi connectivity index (χ1) is 12.8. The number of piperidine rings is 1. The Kier molecular flexibility index (Phi) is 5.34. The third-order valence-electron chi connectivity index (χ3n) is 5.69. The molecule has 2 aliphatic rings. The van der Waals surface area contributed by atoms with E-state index in [1.807, 2.05) is 16.8 Å². The maximum Gasteiger partial charge on any atom is 0.224 e. The van der Waals surface area contributed by atoms with E-state index in [4.69, 9.17) is 4.42 Å². The molecule has 1 unspecified atom stereocenters. The van der Waals surface area contributed by atoms with Gasteiger partial charge < -0.3 is 9.73 Å². The second kappa shape index (κ2) is 8.03. The zero-order valence-electron chi connectivity index (χ0n) is 15.1. The number of aromatic nitrogens is 3. The van der Waals surface area contributed by atoms with Crippen LogP contribution in [0.1, 0.15) is 50.3 Å². The molecule has 1 amide bonds. The van der Waals surface area contributed by atoms with Gasteiger partial charge in [0.15, 0.2) is 0 Å². The molecule has 1 saturated heterocycles. The first-order valence-corrected chi connectivity index (χ1v) is 9.67. The summed E-state index contributed by atoms with van der Waals surface area (Å²) in [5.41, 5.74) is 0. The molecule has 2 aromatic heterocycles. The zero-order chi connectivity index (χ0) is 17.8. The normalized spacial score (nSPS) is 27.3. The van der Waals surface area contributed by atoms with Crippen LogP contribution in [0.2, 0.25) is 0 Å². The van der Waals surface area contributed by atoms with Crippen molar-refractivity contribution in [1.82, 2.24) is 25.0 Å². The minimum atomic E-state index is 0.0896. The van der Waals surface area contributed by atoms with Crippen LogP contribution in [0.3, 0.4) is 0 Å². The summed E-state index contributed by atoms with van der Waals surface area (Å²) >= 11 is 0. The van der Waals surface area contributed by atoms with Gasteiger partial charge in [0.2, 0.25) is 5.91 Å². The highest BCUT2D eigenvalue weighted by Crippen LogP contribution is 2.28. The fraction of sp³-hybridized carbons (Fsp3) is 0.632. The van der Waals surface area contributed by atoms with Gasteiger partial charge >= 0.3 is 0 Å². The molecule has 7 heteroatoms. The van der Waals surface area contributed by atoms with Gasteiger partial charge in [0.1, 0.15) is 18.4 Å². The summed E-state index contributed by atoms with van der Waals surface area (Å²) in [7, 11) is 0. The third kappa shape index (κ3) is 4.15. The van der Waals surface area contributed by atoms with Crippen molar-refractivity contribution >= 4 is 5.91 Å². The molecule has 1 saturated carbocycles. The van der Waals surface area contributed by atoms with Crippen molar-refractivity contribution in [2.45, 2.75) is 57.2 Å². The van der Waals surface area contributed by atoms with Gasteiger partial charge in [-0.2, -0.15) is 5.10 Å². The van der Waals surface area contributed by atoms with Crippen molar-refractivity contribution in [3.8, 4) is 0 Å². The average molecular weight is 357 g/mol. The fourth-order valence-electron chi connectivity index (χ4n) is 4.25. The number of nitrogens with one attached hydrogen (secondary N) is 1. The van der Waals surface area contributed by atoms with E-state index in [0.717, 1.165) is 63.9 Å². The van der Waals surface area contributed by atoms with E-state index in [1.54, 1.807) is 18.9 Å². The molecule has 7 nitrogen and oxygen atoms in total. The van der Waals surface area contributed by atoms with E-state index in [-0.39, 0.29) is 11.8 Å². The van der Waals surface area contributed by atoms with Gasteiger partial charge in [0.25, 0.3) is 0 Å². The molecule has 2 fully saturated rings. The van der Waals surface area contributed by atoms with Gasteiger partial charge in [-0.05, 0) is 57.2 Å². The first-order valence-electron chi connectivity index (χ1n) is 9.67. The predicted molar refractivity (Wildman–Crippen MR) is 96.2 cm³/mol. The summed E-state index contributed by atoms with van der Waals surface area (Å²) in [6, 6.07) is 4.63. The van der Waals surface area contributed by atoms with E-state index in [9.17, 15) is 4.79 Å². The highest BCUT2D eigenvalue weighted by atomic mass is 16.3. The second-order valence-electron chi connectivity index (χ2n) is 7.54. The Morgan fingerprint density at radius 3 is 2.88 bits per heavy atom. The van der Waals surface area contributed by atoms with Crippen LogP contribution in [0.15, 0.2) is 35.5 Å². The zero-order valence-corrected chi connectivity index (χ0v) is 15.1. The van der Waals surface area contributed by atoms with Gasteiger partial charge in [-0.3, -0.25) is 9.69 Å². The average Bonchev–Trinajstić information content (AvgIpc) is 3.36. The predicted octanol–water partition coefficient (Wildman–Crippen LogP) is 2.38. The molecular weight excluding hydrogens is 330 g/mol.